The largest absolute Gasteiger partial charge is 0.469 e. The normalized spacial score (nSPS) is 23.9. The van der Waals surface area contributed by atoms with E-state index in [2.05, 4.69) is 17.2 Å². The second-order valence-electron chi connectivity index (χ2n) is 4.86. The van der Waals surface area contributed by atoms with Gasteiger partial charge < -0.3 is 14.6 Å². The molecule has 0 radical (unpaired) electrons. The van der Waals surface area contributed by atoms with Gasteiger partial charge in [0.15, 0.2) is 0 Å². The first-order valence-electron chi connectivity index (χ1n) is 6.65. The number of nitrogens with zero attached hydrogens (tertiary/aromatic N) is 2. The molecule has 18 heavy (non-hydrogen) atoms. The van der Waals surface area contributed by atoms with E-state index in [1.165, 1.54) is 0 Å². The minimum absolute atomic E-state index is 0.0384. The van der Waals surface area contributed by atoms with Gasteiger partial charge in [-0.05, 0) is 25.3 Å². The van der Waals surface area contributed by atoms with Crippen molar-refractivity contribution in [3.63, 3.8) is 0 Å². The lowest BCUT2D eigenvalue weighted by molar-refractivity contribution is 0.107. The molecule has 0 amide bonds. The minimum Gasteiger partial charge on any atom is -0.469 e. The molecule has 0 bridgehead atoms. The zero-order valence-corrected chi connectivity index (χ0v) is 11.1. The second kappa shape index (κ2) is 6.00. The average Bonchev–Trinajstić information content (AvgIpc) is 2.37. The summed E-state index contributed by atoms with van der Waals surface area (Å²) in [5.41, 5.74) is -0.128. The summed E-state index contributed by atoms with van der Waals surface area (Å²) in [5, 5.41) is 3.28. The molecule has 0 saturated carbocycles. The predicted octanol–water partition coefficient (Wildman–Crippen LogP) is 1.03. The van der Waals surface area contributed by atoms with Gasteiger partial charge in [-0.25, -0.2) is 4.98 Å². The van der Waals surface area contributed by atoms with E-state index in [-0.39, 0.29) is 17.5 Å². The maximum absolute atomic E-state index is 12.1. The quantitative estimate of drug-likeness (QED) is 0.868. The summed E-state index contributed by atoms with van der Waals surface area (Å²) in [6.45, 7) is 6.70. The molecule has 1 N–H and O–H groups in total. The number of aromatic nitrogens is 2. The molecule has 2 rings (SSSR count). The highest BCUT2D eigenvalue weighted by atomic mass is 16.5. The minimum atomic E-state index is -0.128. The molecule has 1 fully saturated rings. The molecule has 0 aromatic carbocycles. The summed E-state index contributed by atoms with van der Waals surface area (Å²) in [7, 11) is 0. The molecule has 1 aliphatic heterocycles. The van der Waals surface area contributed by atoms with Gasteiger partial charge in [-0.2, -0.15) is 0 Å². The van der Waals surface area contributed by atoms with Crippen LogP contribution < -0.4 is 15.6 Å². The second-order valence-corrected chi connectivity index (χ2v) is 4.86. The molecule has 2 unspecified atom stereocenters. The monoisotopic (exact) mass is 251 g/mol. The Bertz CT molecular complexity index is 444. The van der Waals surface area contributed by atoms with Gasteiger partial charge in [0.2, 0.25) is 0 Å². The number of rotatable bonds is 4. The van der Waals surface area contributed by atoms with Crippen molar-refractivity contribution in [1.29, 1.82) is 0 Å². The lowest BCUT2D eigenvalue weighted by Crippen LogP contribution is -2.44. The van der Waals surface area contributed by atoms with E-state index in [4.69, 9.17) is 4.74 Å². The Morgan fingerprint density at radius 3 is 3.17 bits per heavy atom. The summed E-state index contributed by atoms with van der Waals surface area (Å²) in [6, 6.07) is 0. The average molecular weight is 251 g/mol. The van der Waals surface area contributed by atoms with Crippen LogP contribution in [0.2, 0.25) is 0 Å². The molecule has 0 aliphatic carbocycles. The van der Waals surface area contributed by atoms with Crippen LogP contribution in [0.4, 0.5) is 0 Å². The van der Waals surface area contributed by atoms with Gasteiger partial charge in [0, 0.05) is 25.5 Å². The fraction of sp³-hybridized carbons (Fsp3) is 0.692. The highest BCUT2D eigenvalue weighted by Gasteiger charge is 2.24. The topological polar surface area (TPSA) is 56.1 Å². The number of hydrogen-bond donors (Lipinski definition) is 1. The van der Waals surface area contributed by atoms with Crippen LogP contribution in [0.25, 0.3) is 0 Å². The van der Waals surface area contributed by atoms with Crippen LogP contribution in [-0.4, -0.2) is 28.7 Å². The van der Waals surface area contributed by atoms with Crippen molar-refractivity contribution in [2.75, 3.05) is 13.1 Å². The SMILES string of the molecule is CCCn1ccnc(OC2CNCCC2C)c1=O. The van der Waals surface area contributed by atoms with Crippen LogP contribution in [0.1, 0.15) is 26.7 Å². The maximum Gasteiger partial charge on any atom is 0.313 e. The highest BCUT2D eigenvalue weighted by molar-refractivity contribution is 5.05. The van der Waals surface area contributed by atoms with Gasteiger partial charge in [-0.15, -0.1) is 0 Å². The molecular weight excluding hydrogens is 230 g/mol. The van der Waals surface area contributed by atoms with E-state index in [9.17, 15) is 4.79 Å². The third-order valence-electron chi connectivity index (χ3n) is 3.37. The van der Waals surface area contributed by atoms with Crippen molar-refractivity contribution in [2.45, 2.75) is 39.3 Å². The van der Waals surface area contributed by atoms with Crippen LogP contribution in [0.3, 0.4) is 0 Å². The maximum atomic E-state index is 12.1. The Morgan fingerprint density at radius 2 is 2.44 bits per heavy atom. The van der Waals surface area contributed by atoms with E-state index in [1.807, 2.05) is 6.92 Å². The van der Waals surface area contributed by atoms with E-state index < -0.39 is 0 Å². The van der Waals surface area contributed by atoms with Crippen LogP contribution in [-0.2, 0) is 6.54 Å². The van der Waals surface area contributed by atoms with Crippen LogP contribution in [0.5, 0.6) is 5.88 Å². The first-order chi connectivity index (χ1) is 8.72. The number of hydrogen-bond acceptors (Lipinski definition) is 4. The van der Waals surface area contributed by atoms with Crippen molar-refractivity contribution in [2.24, 2.45) is 5.92 Å². The molecule has 1 saturated heterocycles. The molecule has 1 aliphatic rings. The molecule has 0 spiro atoms. The standard InChI is InChI=1S/C13H21N3O2/c1-3-7-16-8-6-15-12(13(16)17)18-11-9-14-5-4-10(11)2/h6,8,10-11,14H,3-5,7,9H2,1-2H3. The first-order valence-corrected chi connectivity index (χ1v) is 6.65. The van der Waals surface area contributed by atoms with E-state index >= 15 is 0 Å². The Hall–Kier alpha value is -1.36. The number of aryl methyl sites for hydroxylation is 1. The van der Waals surface area contributed by atoms with E-state index in [0.29, 0.717) is 12.5 Å². The fourth-order valence-corrected chi connectivity index (χ4v) is 2.19. The summed E-state index contributed by atoms with van der Waals surface area (Å²) >= 11 is 0. The van der Waals surface area contributed by atoms with Crippen molar-refractivity contribution in [3.05, 3.63) is 22.7 Å². The summed E-state index contributed by atoms with van der Waals surface area (Å²) in [5.74, 6) is 0.679. The van der Waals surface area contributed by atoms with Gasteiger partial charge in [-0.1, -0.05) is 13.8 Å². The molecule has 1 aromatic heterocycles. The lowest BCUT2D eigenvalue weighted by atomic mass is 9.97. The number of nitrogens with one attached hydrogen (secondary N) is 1. The Balaban J connectivity index is 2.13. The molecule has 2 atom stereocenters. The van der Waals surface area contributed by atoms with Crippen molar-refractivity contribution < 1.29 is 4.74 Å². The van der Waals surface area contributed by atoms with Gasteiger partial charge in [-0.3, -0.25) is 4.79 Å². The van der Waals surface area contributed by atoms with Crippen LogP contribution >= 0.6 is 0 Å². The van der Waals surface area contributed by atoms with Crippen LogP contribution in [0, 0.1) is 5.92 Å². The lowest BCUT2D eigenvalue weighted by Gasteiger charge is -2.29. The molecule has 1 aromatic rings. The molecular formula is C13H21N3O2. The van der Waals surface area contributed by atoms with E-state index in [0.717, 1.165) is 25.9 Å². The predicted molar refractivity (Wildman–Crippen MR) is 69.9 cm³/mol. The van der Waals surface area contributed by atoms with Gasteiger partial charge in [0.1, 0.15) is 6.10 Å². The van der Waals surface area contributed by atoms with Crippen molar-refractivity contribution in [1.82, 2.24) is 14.9 Å². The molecule has 5 heteroatoms. The first kappa shape index (κ1) is 13.1. The van der Waals surface area contributed by atoms with Gasteiger partial charge in [0.25, 0.3) is 5.88 Å². The Labute approximate surface area is 107 Å². The third kappa shape index (κ3) is 2.90. The molecule has 2 heterocycles. The van der Waals surface area contributed by atoms with E-state index in [1.54, 1.807) is 17.0 Å². The third-order valence-corrected chi connectivity index (χ3v) is 3.37. The van der Waals surface area contributed by atoms with Gasteiger partial charge >= 0.3 is 5.56 Å². The Kier molecular flexibility index (Phi) is 4.36. The fourth-order valence-electron chi connectivity index (χ4n) is 2.19. The van der Waals surface area contributed by atoms with Crippen molar-refractivity contribution >= 4 is 0 Å². The smallest absolute Gasteiger partial charge is 0.313 e. The van der Waals surface area contributed by atoms with Crippen molar-refractivity contribution in [3.8, 4) is 5.88 Å². The summed E-state index contributed by atoms with van der Waals surface area (Å²) in [4.78, 5) is 16.2. The number of ether oxygens (including phenoxy) is 1. The van der Waals surface area contributed by atoms with Crippen LogP contribution in [0.15, 0.2) is 17.2 Å². The Morgan fingerprint density at radius 1 is 1.61 bits per heavy atom. The zero-order chi connectivity index (χ0) is 13.0. The molecule has 100 valence electrons. The summed E-state index contributed by atoms with van der Waals surface area (Å²) in [6.07, 6.45) is 5.37. The highest BCUT2D eigenvalue weighted by Crippen LogP contribution is 2.15. The number of piperidine rings is 1. The molecule has 5 nitrogen and oxygen atoms in total. The van der Waals surface area contributed by atoms with Gasteiger partial charge in [0.05, 0.1) is 0 Å². The zero-order valence-electron chi connectivity index (χ0n) is 11.1. The summed E-state index contributed by atoms with van der Waals surface area (Å²) < 4.78 is 7.43.